The van der Waals surface area contributed by atoms with E-state index in [-0.39, 0.29) is 11.8 Å². The van der Waals surface area contributed by atoms with Crippen LogP contribution < -0.4 is 22.1 Å². The monoisotopic (exact) mass is 425 g/mol. The minimum atomic E-state index is -0.421. The third-order valence-corrected chi connectivity index (χ3v) is 6.07. The number of piperazine rings is 1. The van der Waals surface area contributed by atoms with E-state index in [2.05, 4.69) is 33.5 Å². The van der Waals surface area contributed by atoms with Crippen LogP contribution in [0.15, 0.2) is 35.3 Å². The lowest BCUT2D eigenvalue weighted by Gasteiger charge is -2.30. The lowest BCUT2D eigenvalue weighted by molar-refractivity contribution is 0.204. The van der Waals surface area contributed by atoms with Crippen molar-refractivity contribution < 1.29 is 4.79 Å². The highest BCUT2D eigenvalue weighted by molar-refractivity contribution is 5.88. The van der Waals surface area contributed by atoms with Crippen molar-refractivity contribution in [2.45, 2.75) is 32.4 Å². The molecule has 166 valence electrons. The largest absolute Gasteiger partial charge is 0.354 e. The van der Waals surface area contributed by atoms with Gasteiger partial charge in [-0.2, -0.15) is 4.98 Å². The van der Waals surface area contributed by atoms with Crippen LogP contribution >= 0.6 is 0 Å². The molecule has 9 nitrogen and oxygen atoms in total. The number of hydrogen-bond acceptors (Lipinski definition) is 6. The van der Waals surface area contributed by atoms with Crippen LogP contribution in [-0.2, 0) is 6.54 Å². The molecule has 2 fully saturated rings. The average molecular weight is 426 g/mol. The first-order chi connectivity index (χ1) is 15.0. The second-order valence-corrected chi connectivity index (χ2v) is 8.36. The number of aryl methyl sites for hydroxylation is 1. The van der Waals surface area contributed by atoms with Gasteiger partial charge in [0, 0.05) is 45.0 Å². The van der Waals surface area contributed by atoms with Crippen molar-refractivity contribution in [2.24, 2.45) is 5.73 Å². The van der Waals surface area contributed by atoms with Crippen molar-refractivity contribution in [3.63, 3.8) is 0 Å². The smallest absolute Gasteiger partial charge is 0.328 e. The first-order valence-electron chi connectivity index (χ1n) is 10.9. The number of piperidine rings is 1. The lowest BCUT2D eigenvalue weighted by atomic mass is 10.0. The second kappa shape index (κ2) is 9.59. The average Bonchev–Trinajstić information content (AvgIpc) is 2.77. The van der Waals surface area contributed by atoms with Gasteiger partial charge in [0.2, 0.25) is 0 Å². The van der Waals surface area contributed by atoms with Gasteiger partial charge < -0.3 is 16.0 Å². The van der Waals surface area contributed by atoms with E-state index in [4.69, 9.17) is 5.73 Å². The van der Waals surface area contributed by atoms with Gasteiger partial charge in [-0.15, -0.1) is 0 Å². The SMILES string of the molecule is Cc1cc(-n2ccc(NC(=O)N3CCNCC3)nc2=O)ccc1CN1CCC(N)CC1. The van der Waals surface area contributed by atoms with Gasteiger partial charge in [0.1, 0.15) is 5.82 Å². The molecule has 0 unspecified atom stereocenters. The number of hydrogen-bond donors (Lipinski definition) is 3. The van der Waals surface area contributed by atoms with Crippen LogP contribution in [0.25, 0.3) is 5.69 Å². The number of anilines is 1. The summed E-state index contributed by atoms with van der Waals surface area (Å²) in [5, 5.41) is 5.92. The number of amides is 2. The Kier molecular flexibility index (Phi) is 6.64. The lowest BCUT2D eigenvalue weighted by Crippen LogP contribution is -2.48. The van der Waals surface area contributed by atoms with E-state index in [1.165, 1.54) is 10.1 Å². The van der Waals surface area contributed by atoms with Gasteiger partial charge in [0.05, 0.1) is 5.69 Å². The van der Waals surface area contributed by atoms with E-state index < -0.39 is 5.69 Å². The molecule has 2 aromatic rings. The zero-order valence-electron chi connectivity index (χ0n) is 18.0. The quantitative estimate of drug-likeness (QED) is 0.672. The standard InChI is InChI=1S/C22H31N7O2/c1-16-14-19(3-2-17(16)15-27-9-4-18(23)5-10-27)29-11-6-20(26-22(29)31)25-21(30)28-12-7-24-8-13-28/h2-3,6,11,14,18,24H,4-5,7-10,12-13,15,23H2,1H3,(H,25,26,30,31). The fourth-order valence-electron chi connectivity index (χ4n) is 4.08. The summed E-state index contributed by atoms with van der Waals surface area (Å²) >= 11 is 0. The van der Waals surface area contributed by atoms with Gasteiger partial charge in [-0.25, -0.2) is 9.59 Å². The molecule has 1 aromatic heterocycles. The third-order valence-electron chi connectivity index (χ3n) is 6.07. The van der Waals surface area contributed by atoms with Crippen LogP contribution in [0.1, 0.15) is 24.0 Å². The van der Waals surface area contributed by atoms with Crippen molar-refractivity contribution in [3.8, 4) is 5.69 Å². The molecule has 2 aliphatic heterocycles. The van der Waals surface area contributed by atoms with Gasteiger partial charge in [-0.1, -0.05) is 6.07 Å². The van der Waals surface area contributed by atoms with Crippen molar-refractivity contribution in [2.75, 3.05) is 44.6 Å². The number of benzene rings is 1. The predicted octanol–water partition coefficient (Wildman–Crippen LogP) is 0.901. The Morgan fingerprint density at radius 1 is 1.19 bits per heavy atom. The summed E-state index contributed by atoms with van der Waals surface area (Å²) in [7, 11) is 0. The van der Waals surface area contributed by atoms with Crippen molar-refractivity contribution in [3.05, 3.63) is 52.1 Å². The van der Waals surface area contributed by atoms with Gasteiger partial charge in [0.15, 0.2) is 0 Å². The topological polar surface area (TPSA) is 109 Å². The Bertz CT molecular complexity index is 976. The maximum Gasteiger partial charge on any atom is 0.354 e. The van der Waals surface area contributed by atoms with Crippen molar-refractivity contribution in [1.82, 2.24) is 24.7 Å². The maximum atomic E-state index is 12.6. The molecule has 9 heteroatoms. The highest BCUT2D eigenvalue weighted by Gasteiger charge is 2.18. The maximum absolute atomic E-state index is 12.6. The van der Waals surface area contributed by atoms with Crippen LogP contribution in [0.4, 0.5) is 10.6 Å². The summed E-state index contributed by atoms with van der Waals surface area (Å²) in [5.74, 6) is 0.265. The van der Waals surface area contributed by atoms with E-state index in [1.807, 2.05) is 12.1 Å². The predicted molar refractivity (Wildman–Crippen MR) is 121 cm³/mol. The number of nitrogens with one attached hydrogen (secondary N) is 2. The molecule has 2 saturated heterocycles. The summed E-state index contributed by atoms with van der Waals surface area (Å²) in [6.45, 7) is 7.81. The Morgan fingerprint density at radius 2 is 1.94 bits per heavy atom. The number of carbonyl (C=O) groups is 1. The zero-order valence-corrected chi connectivity index (χ0v) is 18.0. The third kappa shape index (κ3) is 5.30. The van der Waals surface area contributed by atoms with Crippen LogP contribution in [0.2, 0.25) is 0 Å². The summed E-state index contributed by atoms with van der Waals surface area (Å²) in [6, 6.07) is 7.77. The first kappa shape index (κ1) is 21.5. The van der Waals surface area contributed by atoms with Gasteiger partial charge in [0.25, 0.3) is 0 Å². The number of nitrogens with zero attached hydrogens (tertiary/aromatic N) is 4. The zero-order chi connectivity index (χ0) is 21.8. The molecule has 3 heterocycles. The van der Waals surface area contributed by atoms with Crippen molar-refractivity contribution >= 4 is 11.8 Å². The van der Waals surface area contributed by atoms with Crippen LogP contribution in [0.3, 0.4) is 0 Å². The molecule has 0 bridgehead atoms. The Labute approximate surface area is 182 Å². The van der Waals surface area contributed by atoms with E-state index in [0.29, 0.717) is 19.1 Å². The molecule has 0 atom stereocenters. The molecule has 0 aliphatic carbocycles. The number of carbonyl (C=O) groups excluding carboxylic acids is 1. The van der Waals surface area contributed by atoms with E-state index in [9.17, 15) is 9.59 Å². The van der Waals surface area contributed by atoms with E-state index in [1.54, 1.807) is 17.2 Å². The number of rotatable bonds is 4. The fraction of sp³-hybridized carbons (Fsp3) is 0.500. The summed E-state index contributed by atoms with van der Waals surface area (Å²) in [4.78, 5) is 33.1. The number of nitrogens with two attached hydrogens (primary N) is 1. The number of aromatic nitrogens is 2. The Hall–Kier alpha value is -2.75. The van der Waals surface area contributed by atoms with Gasteiger partial charge >= 0.3 is 11.7 Å². The molecule has 31 heavy (non-hydrogen) atoms. The molecule has 2 aliphatic rings. The van der Waals surface area contributed by atoms with E-state index in [0.717, 1.165) is 56.8 Å². The normalized spacial score (nSPS) is 18.2. The highest BCUT2D eigenvalue weighted by Crippen LogP contribution is 2.18. The van der Waals surface area contributed by atoms with Crippen LogP contribution in [0, 0.1) is 6.92 Å². The summed E-state index contributed by atoms with van der Waals surface area (Å²) < 4.78 is 1.50. The second-order valence-electron chi connectivity index (χ2n) is 8.36. The molecule has 0 saturated carbocycles. The molecular weight excluding hydrogens is 394 g/mol. The van der Waals surface area contributed by atoms with E-state index >= 15 is 0 Å². The first-order valence-corrected chi connectivity index (χ1v) is 10.9. The van der Waals surface area contributed by atoms with Crippen LogP contribution in [0.5, 0.6) is 0 Å². The highest BCUT2D eigenvalue weighted by atomic mass is 16.2. The Morgan fingerprint density at radius 3 is 2.61 bits per heavy atom. The van der Waals surface area contributed by atoms with Gasteiger partial charge in [-0.3, -0.25) is 14.8 Å². The molecular formula is C22H31N7O2. The molecule has 0 spiro atoms. The van der Waals surface area contributed by atoms with Crippen molar-refractivity contribution in [1.29, 1.82) is 0 Å². The fourth-order valence-corrected chi connectivity index (χ4v) is 4.08. The number of likely N-dealkylation sites (tertiary alicyclic amines) is 1. The number of urea groups is 1. The molecule has 4 rings (SSSR count). The van der Waals surface area contributed by atoms with Crippen LogP contribution in [-0.4, -0.2) is 70.7 Å². The summed E-state index contributed by atoms with van der Waals surface area (Å²) in [5.41, 5.74) is 8.73. The molecule has 1 aromatic carbocycles. The molecule has 0 radical (unpaired) electrons. The minimum absolute atomic E-state index is 0.231. The molecule has 4 N–H and O–H groups in total. The summed E-state index contributed by atoms with van der Waals surface area (Å²) in [6.07, 6.45) is 3.73. The molecule has 2 amide bonds. The van der Waals surface area contributed by atoms with Gasteiger partial charge in [-0.05, 0) is 62.2 Å². The Balaban J connectivity index is 1.43. The minimum Gasteiger partial charge on any atom is -0.328 e.